The molecule has 2 atom stereocenters. The number of piperidine rings is 1. The molecule has 0 aromatic heterocycles. The Balaban J connectivity index is 1.81. The molecule has 4 heteroatoms. The van der Waals surface area contributed by atoms with E-state index in [1.165, 1.54) is 25.0 Å². The van der Waals surface area contributed by atoms with Crippen LogP contribution in [0.5, 0.6) is 0 Å². The van der Waals surface area contributed by atoms with Crippen LogP contribution >= 0.6 is 0 Å². The highest BCUT2D eigenvalue weighted by Crippen LogP contribution is 2.41. The predicted octanol–water partition coefficient (Wildman–Crippen LogP) is 2.76. The van der Waals surface area contributed by atoms with Crippen LogP contribution in [0.2, 0.25) is 0 Å². The van der Waals surface area contributed by atoms with Crippen LogP contribution in [-0.2, 0) is 0 Å². The maximum atomic E-state index is 12.9. The number of nitriles is 1. The van der Waals surface area contributed by atoms with Crippen molar-refractivity contribution in [2.75, 3.05) is 12.4 Å². The highest BCUT2D eigenvalue weighted by Gasteiger charge is 2.47. The molecule has 1 aromatic rings. The summed E-state index contributed by atoms with van der Waals surface area (Å²) in [7, 11) is 2.15. The molecule has 2 fully saturated rings. The first-order chi connectivity index (χ1) is 9.12. The zero-order valence-corrected chi connectivity index (χ0v) is 11.1. The number of benzene rings is 1. The van der Waals surface area contributed by atoms with Gasteiger partial charge in [0, 0.05) is 17.8 Å². The van der Waals surface area contributed by atoms with Crippen LogP contribution in [0.25, 0.3) is 0 Å². The Morgan fingerprint density at radius 1 is 1.26 bits per heavy atom. The summed E-state index contributed by atoms with van der Waals surface area (Å²) >= 11 is 0. The van der Waals surface area contributed by atoms with Gasteiger partial charge in [-0.05, 0) is 57.0 Å². The average molecular weight is 259 g/mol. The molecule has 0 radical (unpaired) electrons. The Labute approximate surface area is 113 Å². The van der Waals surface area contributed by atoms with Crippen LogP contribution in [-0.4, -0.2) is 29.6 Å². The number of nitrogens with zero attached hydrogens (tertiary/aromatic N) is 2. The van der Waals surface area contributed by atoms with E-state index in [4.69, 9.17) is 0 Å². The summed E-state index contributed by atoms with van der Waals surface area (Å²) in [6, 6.07) is 9.72. The summed E-state index contributed by atoms with van der Waals surface area (Å²) in [5.74, 6) is -0.250. The van der Waals surface area contributed by atoms with Crippen LogP contribution in [0.4, 0.5) is 10.1 Å². The van der Waals surface area contributed by atoms with Gasteiger partial charge in [-0.2, -0.15) is 5.26 Å². The minimum Gasteiger partial charge on any atom is -0.367 e. The number of halogens is 1. The second-order valence-corrected chi connectivity index (χ2v) is 5.78. The van der Waals surface area contributed by atoms with Crippen LogP contribution in [0.1, 0.15) is 25.7 Å². The van der Waals surface area contributed by atoms with Crippen LogP contribution in [0.3, 0.4) is 0 Å². The summed E-state index contributed by atoms with van der Waals surface area (Å²) in [6.45, 7) is 0. The van der Waals surface area contributed by atoms with E-state index >= 15 is 0 Å². The van der Waals surface area contributed by atoms with E-state index in [-0.39, 0.29) is 5.82 Å². The van der Waals surface area contributed by atoms with Crippen molar-refractivity contribution in [1.29, 1.82) is 5.26 Å². The zero-order valence-electron chi connectivity index (χ0n) is 11.1. The van der Waals surface area contributed by atoms with Gasteiger partial charge in [-0.15, -0.1) is 0 Å². The van der Waals surface area contributed by atoms with E-state index in [2.05, 4.69) is 23.3 Å². The Morgan fingerprint density at radius 3 is 2.37 bits per heavy atom. The molecule has 0 aliphatic carbocycles. The van der Waals surface area contributed by atoms with E-state index in [1.54, 1.807) is 12.1 Å². The van der Waals surface area contributed by atoms with Gasteiger partial charge in [0.1, 0.15) is 11.4 Å². The predicted molar refractivity (Wildman–Crippen MR) is 72.2 cm³/mol. The van der Waals surface area contributed by atoms with Crippen LogP contribution < -0.4 is 5.32 Å². The van der Waals surface area contributed by atoms with E-state index in [0.29, 0.717) is 12.1 Å². The molecule has 2 saturated heterocycles. The lowest BCUT2D eigenvalue weighted by Gasteiger charge is -2.42. The van der Waals surface area contributed by atoms with Crippen molar-refractivity contribution in [3.63, 3.8) is 0 Å². The average Bonchev–Trinajstić information content (AvgIpc) is 2.65. The molecule has 100 valence electrons. The van der Waals surface area contributed by atoms with E-state index < -0.39 is 5.54 Å². The number of hydrogen-bond donors (Lipinski definition) is 1. The summed E-state index contributed by atoms with van der Waals surface area (Å²) in [4.78, 5) is 2.40. The second-order valence-electron chi connectivity index (χ2n) is 5.78. The lowest BCUT2D eigenvalue weighted by Crippen LogP contribution is -2.52. The van der Waals surface area contributed by atoms with Gasteiger partial charge in [0.25, 0.3) is 0 Å². The van der Waals surface area contributed by atoms with Gasteiger partial charge < -0.3 is 10.2 Å². The third kappa shape index (κ3) is 2.19. The van der Waals surface area contributed by atoms with Crippen LogP contribution in [0.15, 0.2) is 24.3 Å². The van der Waals surface area contributed by atoms with Crippen molar-refractivity contribution < 1.29 is 4.39 Å². The maximum Gasteiger partial charge on any atom is 0.128 e. The van der Waals surface area contributed by atoms with Gasteiger partial charge in [-0.1, -0.05) is 0 Å². The quantitative estimate of drug-likeness (QED) is 0.887. The molecule has 2 aliphatic rings. The number of rotatable bonds is 2. The fraction of sp³-hybridized carbons (Fsp3) is 0.533. The Morgan fingerprint density at radius 2 is 1.84 bits per heavy atom. The van der Waals surface area contributed by atoms with E-state index in [1.807, 2.05) is 0 Å². The molecule has 0 amide bonds. The zero-order chi connectivity index (χ0) is 13.5. The summed E-state index contributed by atoms with van der Waals surface area (Å²) in [5, 5.41) is 12.9. The lowest BCUT2D eigenvalue weighted by atomic mass is 9.84. The first-order valence-electron chi connectivity index (χ1n) is 6.79. The fourth-order valence-corrected chi connectivity index (χ4v) is 3.50. The first kappa shape index (κ1) is 12.4. The Bertz CT molecular complexity index is 491. The van der Waals surface area contributed by atoms with Crippen molar-refractivity contribution in [3.05, 3.63) is 30.1 Å². The molecule has 2 unspecified atom stereocenters. The van der Waals surface area contributed by atoms with Gasteiger partial charge >= 0.3 is 0 Å². The molecule has 2 bridgehead atoms. The highest BCUT2D eigenvalue weighted by molar-refractivity contribution is 5.48. The number of nitrogens with one attached hydrogen (secondary N) is 1. The van der Waals surface area contributed by atoms with Crippen molar-refractivity contribution in [2.24, 2.45) is 0 Å². The summed E-state index contributed by atoms with van der Waals surface area (Å²) in [6.07, 6.45) is 4.03. The number of hydrogen-bond acceptors (Lipinski definition) is 3. The van der Waals surface area contributed by atoms with Gasteiger partial charge in [-0.25, -0.2) is 4.39 Å². The molecule has 2 heterocycles. The second kappa shape index (κ2) is 4.50. The van der Waals surface area contributed by atoms with Crippen molar-refractivity contribution >= 4 is 5.69 Å². The summed E-state index contributed by atoms with van der Waals surface area (Å²) in [5.41, 5.74) is 0.322. The molecule has 2 aliphatic heterocycles. The van der Waals surface area contributed by atoms with Crippen molar-refractivity contribution in [1.82, 2.24) is 4.90 Å². The molecule has 3 nitrogen and oxygen atoms in total. The van der Waals surface area contributed by atoms with Gasteiger partial charge in [0.15, 0.2) is 0 Å². The van der Waals surface area contributed by atoms with Crippen molar-refractivity contribution in [3.8, 4) is 6.07 Å². The molecule has 0 saturated carbocycles. The Hall–Kier alpha value is -1.60. The minimum atomic E-state index is -0.504. The largest absolute Gasteiger partial charge is 0.367 e. The molecular formula is C15H18FN3. The van der Waals surface area contributed by atoms with E-state index in [9.17, 15) is 9.65 Å². The highest BCUT2D eigenvalue weighted by atomic mass is 19.1. The Kier molecular flexibility index (Phi) is 2.94. The topological polar surface area (TPSA) is 39.1 Å². The lowest BCUT2D eigenvalue weighted by molar-refractivity contribution is 0.146. The standard InChI is InChI=1S/C15H18FN3/c1-19-13-6-7-14(19)9-15(8-13,10-17)18-12-4-2-11(16)3-5-12/h2-5,13-14,18H,6-9H2,1H3. The number of anilines is 1. The fourth-order valence-electron chi connectivity index (χ4n) is 3.50. The van der Waals surface area contributed by atoms with Gasteiger partial charge in [0.05, 0.1) is 6.07 Å². The number of fused-ring (bicyclic) bond motifs is 2. The SMILES string of the molecule is CN1C2CCC1CC(C#N)(Nc1ccc(F)cc1)C2. The third-order valence-electron chi connectivity index (χ3n) is 4.60. The van der Waals surface area contributed by atoms with Crippen LogP contribution in [0, 0.1) is 17.1 Å². The van der Waals surface area contributed by atoms with E-state index in [0.717, 1.165) is 18.5 Å². The normalized spacial score (nSPS) is 33.9. The molecule has 1 N–H and O–H groups in total. The monoisotopic (exact) mass is 259 g/mol. The molecule has 0 spiro atoms. The molecule has 1 aromatic carbocycles. The minimum absolute atomic E-state index is 0.250. The molecule has 3 rings (SSSR count). The smallest absolute Gasteiger partial charge is 0.128 e. The summed E-state index contributed by atoms with van der Waals surface area (Å²) < 4.78 is 12.9. The third-order valence-corrected chi connectivity index (χ3v) is 4.60. The molecular weight excluding hydrogens is 241 g/mol. The van der Waals surface area contributed by atoms with Gasteiger partial charge in [0.2, 0.25) is 0 Å². The maximum absolute atomic E-state index is 12.9. The first-order valence-corrected chi connectivity index (χ1v) is 6.79. The van der Waals surface area contributed by atoms with Crippen molar-refractivity contribution in [2.45, 2.75) is 43.3 Å². The molecule has 19 heavy (non-hydrogen) atoms. The van der Waals surface area contributed by atoms with Gasteiger partial charge in [-0.3, -0.25) is 0 Å².